The first kappa shape index (κ1) is 13.6. The maximum absolute atomic E-state index is 13.7. The van der Waals surface area contributed by atoms with Gasteiger partial charge in [-0.3, -0.25) is 0 Å². The van der Waals surface area contributed by atoms with Gasteiger partial charge in [-0.1, -0.05) is 30.3 Å². The third-order valence-corrected chi connectivity index (χ3v) is 2.96. The fraction of sp³-hybridized carbons (Fsp3) is 0.200. The van der Waals surface area contributed by atoms with E-state index in [9.17, 15) is 8.78 Å². The highest BCUT2D eigenvalue weighted by Gasteiger charge is 2.14. The summed E-state index contributed by atoms with van der Waals surface area (Å²) in [5.74, 6) is -0.909. The van der Waals surface area contributed by atoms with Crippen LogP contribution < -0.4 is 11.1 Å². The molecule has 4 heteroatoms. The molecule has 2 aromatic carbocycles. The molecule has 0 aromatic heterocycles. The zero-order valence-electron chi connectivity index (χ0n) is 10.4. The number of hydrogen-bond donors (Lipinski definition) is 2. The van der Waals surface area contributed by atoms with E-state index in [1.807, 2.05) is 30.3 Å². The van der Waals surface area contributed by atoms with Crippen LogP contribution in [0.15, 0.2) is 48.5 Å². The number of rotatable bonds is 5. The second-order valence-electron chi connectivity index (χ2n) is 4.32. The highest BCUT2D eigenvalue weighted by atomic mass is 19.1. The van der Waals surface area contributed by atoms with E-state index in [1.165, 1.54) is 6.07 Å². The second kappa shape index (κ2) is 6.41. The SMILES string of the molecule is NCC(NCc1ccccc1)c1cc(F)ccc1F. The predicted molar refractivity (Wildman–Crippen MR) is 71.4 cm³/mol. The lowest BCUT2D eigenvalue weighted by Crippen LogP contribution is -2.28. The molecule has 0 saturated heterocycles. The lowest BCUT2D eigenvalue weighted by Gasteiger charge is -2.18. The summed E-state index contributed by atoms with van der Waals surface area (Å²) in [5, 5.41) is 3.14. The van der Waals surface area contributed by atoms with Gasteiger partial charge in [0.05, 0.1) is 0 Å². The molecule has 1 atom stereocenters. The maximum atomic E-state index is 13.7. The molecule has 100 valence electrons. The molecule has 0 radical (unpaired) electrons. The Hall–Kier alpha value is -1.78. The van der Waals surface area contributed by atoms with Gasteiger partial charge in [0.1, 0.15) is 11.6 Å². The minimum Gasteiger partial charge on any atom is -0.329 e. The molecule has 3 N–H and O–H groups in total. The van der Waals surface area contributed by atoms with Gasteiger partial charge in [-0.15, -0.1) is 0 Å². The van der Waals surface area contributed by atoms with Crippen LogP contribution in [-0.4, -0.2) is 6.54 Å². The Labute approximate surface area is 111 Å². The number of nitrogens with one attached hydrogen (secondary N) is 1. The number of halogens is 2. The van der Waals surface area contributed by atoms with Crippen LogP contribution in [0.2, 0.25) is 0 Å². The molecule has 0 bridgehead atoms. The van der Waals surface area contributed by atoms with Crippen molar-refractivity contribution < 1.29 is 8.78 Å². The monoisotopic (exact) mass is 262 g/mol. The summed E-state index contributed by atoms with van der Waals surface area (Å²) in [4.78, 5) is 0. The summed E-state index contributed by atoms with van der Waals surface area (Å²) in [6.07, 6.45) is 0. The summed E-state index contributed by atoms with van der Waals surface area (Å²) in [5.41, 5.74) is 6.97. The van der Waals surface area contributed by atoms with Gasteiger partial charge in [-0.25, -0.2) is 8.78 Å². The van der Waals surface area contributed by atoms with Crippen LogP contribution in [-0.2, 0) is 6.54 Å². The molecule has 0 aliphatic carbocycles. The van der Waals surface area contributed by atoms with Crippen LogP contribution >= 0.6 is 0 Å². The van der Waals surface area contributed by atoms with E-state index < -0.39 is 17.7 Å². The maximum Gasteiger partial charge on any atom is 0.128 e. The molecule has 2 rings (SSSR count). The summed E-state index contributed by atoms with van der Waals surface area (Å²) in [6.45, 7) is 0.756. The molecule has 0 fully saturated rings. The van der Waals surface area contributed by atoms with Crippen molar-refractivity contribution >= 4 is 0 Å². The highest BCUT2D eigenvalue weighted by Crippen LogP contribution is 2.18. The quantitative estimate of drug-likeness (QED) is 0.869. The van der Waals surface area contributed by atoms with Crippen LogP contribution in [0.5, 0.6) is 0 Å². The predicted octanol–water partition coefficient (Wildman–Crippen LogP) is 2.75. The summed E-state index contributed by atoms with van der Waals surface area (Å²) >= 11 is 0. The molecule has 0 aliphatic rings. The Morgan fingerprint density at radius 1 is 1.05 bits per heavy atom. The topological polar surface area (TPSA) is 38.0 Å². The average molecular weight is 262 g/mol. The normalized spacial score (nSPS) is 12.4. The van der Waals surface area contributed by atoms with Crippen molar-refractivity contribution in [3.05, 3.63) is 71.3 Å². The molecule has 0 spiro atoms. The lowest BCUT2D eigenvalue weighted by atomic mass is 10.1. The first-order valence-corrected chi connectivity index (χ1v) is 6.13. The van der Waals surface area contributed by atoms with Crippen molar-refractivity contribution in [3.63, 3.8) is 0 Å². The average Bonchev–Trinajstić information content (AvgIpc) is 2.44. The first-order chi connectivity index (χ1) is 9.20. The number of nitrogens with two attached hydrogens (primary N) is 1. The van der Waals surface area contributed by atoms with Crippen molar-refractivity contribution in [2.24, 2.45) is 5.73 Å². The summed E-state index contributed by atoms with van der Waals surface area (Å²) in [7, 11) is 0. The summed E-state index contributed by atoms with van der Waals surface area (Å²) in [6, 6.07) is 12.7. The van der Waals surface area contributed by atoms with E-state index in [1.54, 1.807) is 0 Å². The van der Waals surface area contributed by atoms with Gasteiger partial charge >= 0.3 is 0 Å². The molecule has 1 unspecified atom stereocenters. The van der Waals surface area contributed by atoms with Crippen LogP contribution in [0.1, 0.15) is 17.2 Å². The van der Waals surface area contributed by atoms with Gasteiger partial charge in [-0.2, -0.15) is 0 Å². The van der Waals surface area contributed by atoms with E-state index in [4.69, 9.17) is 5.73 Å². The zero-order valence-corrected chi connectivity index (χ0v) is 10.4. The largest absolute Gasteiger partial charge is 0.329 e. The molecule has 2 aromatic rings. The molecule has 19 heavy (non-hydrogen) atoms. The van der Waals surface area contributed by atoms with Crippen LogP contribution in [0.4, 0.5) is 8.78 Å². The van der Waals surface area contributed by atoms with Gasteiger partial charge in [0.15, 0.2) is 0 Å². The molecule has 0 amide bonds. The van der Waals surface area contributed by atoms with E-state index in [2.05, 4.69) is 5.32 Å². The summed E-state index contributed by atoms with van der Waals surface area (Å²) < 4.78 is 26.8. The smallest absolute Gasteiger partial charge is 0.128 e. The third-order valence-electron chi connectivity index (χ3n) is 2.96. The second-order valence-corrected chi connectivity index (χ2v) is 4.32. The fourth-order valence-electron chi connectivity index (χ4n) is 1.94. The number of benzene rings is 2. The Bertz CT molecular complexity index is 529. The van der Waals surface area contributed by atoms with E-state index in [0.717, 1.165) is 17.7 Å². The van der Waals surface area contributed by atoms with Crippen LogP contribution in [0.25, 0.3) is 0 Å². The molecular weight excluding hydrogens is 246 g/mol. The van der Waals surface area contributed by atoms with Crippen molar-refractivity contribution in [3.8, 4) is 0 Å². The van der Waals surface area contributed by atoms with Crippen molar-refractivity contribution in [2.45, 2.75) is 12.6 Å². The van der Waals surface area contributed by atoms with Crippen molar-refractivity contribution in [1.29, 1.82) is 0 Å². The van der Waals surface area contributed by atoms with Crippen molar-refractivity contribution in [2.75, 3.05) is 6.54 Å². The standard InChI is InChI=1S/C15H16F2N2/c16-12-6-7-14(17)13(8-12)15(9-18)19-10-11-4-2-1-3-5-11/h1-8,15,19H,9-10,18H2. The third kappa shape index (κ3) is 3.59. The Kier molecular flexibility index (Phi) is 4.60. The minimum absolute atomic E-state index is 0.202. The van der Waals surface area contributed by atoms with Gasteiger partial charge < -0.3 is 11.1 Å². The van der Waals surface area contributed by atoms with Gasteiger partial charge in [0.25, 0.3) is 0 Å². The van der Waals surface area contributed by atoms with Crippen LogP contribution in [0, 0.1) is 11.6 Å². The van der Waals surface area contributed by atoms with Crippen molar-refractivity contribution in [1.82, 2.24) is 5.32 Å². The van der Waals surface area contributed by atoms with E-state index >= 15 is 0 Å². The Balaban J connectivity index is 2.10. The van der Waals surface area contributed by atoms with Gasteiger partial charge in [0, 0.05) is 24.7 Å². The van der Waals surface area contributed by atoms with E-state index in [-0.39, 0.29) is 12.1 Å². The molecule has 0 heterocycles. The highest BCUT2D eigenvalue weighted by molar-refractivity contribution is 5.23. The van der Waals surface area contributed by atoms with Gasteiger partial charge in [-0.05, 0) is 23.8 Å². The van der Waals surface area contributed by atoms with E-state index in [0.29, 0.717) is 6.54 Å². The molecule has 0 saturated carbocycles. The molecule has 0 aliphatic heterocycles. The molecular formula is C15H16F2N2. The lowest BCUT2D eigenvalue weighted by molar-refractivity contribution is 0.498. The Morgan fingerprint density at radius 2 is 1.79 bits per heavy atom. The Morgan fingerprint density at radius 3 is 2.47 bits per heavy atom. The fourth-order valence-corrected chi connectivity index (χ4v) is 1.94. The van der Waals surface area contributed by atoms with Crippen LogP contribution in [0.3, 0.4) is 0 Å². The minimum atomic E-state index is -0.462. The zero-order chi connectivity index (χ0) is 13.7. The van der Waals surface area contributed by atoms with Gasteiger partial charge in [0.2, 0.25) is 0 Å². The number of hydrogen-bond acceptors (Lipinski definition) is 2. The first-order valence-electron chi connectivity index (χ1n) is 6.13. The molecule has 2 nitrogen and oxygen atoms in total.